The molecule has 1 aromatic heterocycles. The van der Waals surface area contributed by atoms with Crippen molar-refractivity contribution in [2.45, 2.75) is 19.9 Å². The molecule has 1 saturated heterocycles. The fourth-order valence-corrected chi connectivity index (χ4v) is 3.47. The van der Waals surface area contributed by atoms with E-state index in [0.717, 1.165) is 34.2 Å². The summed E-state index contributed by atoms with van der Waals surface area (Å²) >= 11 is 1.54. The summed E-state index contributed by atoms with van der Waals surface area (Å²) in [5.41, 5.74) is 1.80. The first kappa shape index (κ1) is 15.1. The van der Waals surface area contributed by atoms with Crippen LogP contribution in [-0.2, 0) is 4.79 Å². The zero-order chi connectivity index (χ0) is 15.7. The number of halogens is 1. The number of benzene rings is 1. The molecule has 3 rings (SSSR count). The molecular weight excluding hydrogens is 301 g/mol. The predicted molar refractivity (Wildman–Crippen MR) is 85.2 cm³/mol. The lowest BCUT2D eigenvalue weighted by Crippen LogP contribution is -2.51. The molecular formula is C16H18FN3OS. The summed E-state index contributed by atoms with van der Waals surface area (Å²) in [4.78, 5) is 17.6. The minimum atomic E-state index is -0.257. The van der Waals surface area contributed by atoms with Gasteiger partial charge in [0.2, 0.25) is 5.91 Å². The normalized spacial score (nSPS) is 16.1. The van der Waals surface area contributed by atoms with Crippen molar-refractivity contribution >= 4 is 17.2 Å². The fraction of sp³-hybridized carbons (Fsp3) is 0.375. The molecule has 6 heteroatoms. The quantitative estimate of drug-likeness (QED) is 0.911. The third kappa shape index (κ3) is 3.03. The van der Waals surface area contributed by atoms with Crippen molar-refractivity contribution in [3.8, 4) is 10.6 Å². The summed E-state index contributed by atoms with van der Waals surface area (Å²) in [6.45, 7) is 5.41. The van der Waals surface area contributed by atoms with Crippen LogP contribution in [0.3, 0.4) is 0 Å². The number of hydrogen-bond donors (Lipinski definition) is 2. The fourth-order valence-electron chi connectivity index (χ4n) is 2.40. The highest BCUT2D eigenvalue weighted by atomic mass is 32.1. The summed E-state index contributed by atoms with van der Waals surface area (Å²) in [5, 5.41) is 6.99. The van der Waals surface area contributed by atoms with E-state index in [-0.39, 0.29) is 23.7 Å². The molecule has 0 spiro atoms. The lowest BCUT2D eigenvalue weighted by Gasteiger charge is -2.27. The maximum absolute atomic E-state index is 13.0. The first-order valence-electron chi connectivity index (χ1n) is 7.29. The Morgan fingerprint density at radius 3 is 2.68 bits per heavy atom. The highest BCUT2D eigenvalue weighted by Crippen LogP contribution is 2.32. The SMILES string of the molecule is Cc1nc(-c2ccc(F)cc2)sc1C(C)NC(=O)C1CNC1. The standard InChI is InChI=1S/C16H18FN3OS/c1-9(19-15(21)12-7-18-8-12)14-10(2)20-16(22-14)11-3-5-13(17)6-4-11/h3-6,9,12,18H,7-8H2,1-2H3,(H,19,21). The highest BCUT2D eigenvalue weighted by molar-refractivity contribution is 7.15. The minimum Gasteiger partial charge on any atom is -0.348 e. The van der Waals surface area contributed by atoms with Gasteiger partial charge in [-0.25, -0.2) is 9.37 Å². The zero-order valence-corrected chi connectivity index (χ0v) is 13.3. The van der Waals surface area contributed by atoms with Crippen molar-refractivity contribution in [2.24, 2.45) is 5.92 Å². The van der Waals surface area contributed by atoms with E-state index in [0.29, 0.717) is 0 Å². The monoisotopic (exact) mass is 319 g/mol. The number of rotatable bonds is 4. The number of carbonyl (C=O) groups is 1. The van der Waals surface area contributed by atoms with Crippen LogP contribution in [0.2, 0.25) is 0 Å². The number of aromatic nitrogens is 1. The third-order valence-corrected chi connectivity index (χ3v) is 5.22. The van der Waals surface area contributed by atoms with Crippen LogP contribution in [0.5, 0.6) is 0 Å². The van der Waals surface area contributed by atoms with Crippen LogP contribution in [0.15, 0.2) is 24.3 Å². The molecule has 4 nitrogen and oxygen atoms in total. The molecule has 0 radical (unpaired) electrons. The van der Waals surface area contributed by atoms with Crippen molar-refractivity contribution in [3.63, 3.8) is 0 Å². The van der Waals surface area contributed by atoms with Crippen LogP contribution in [0, 0.1) is 18.7 Å². The number of aryl methyl sites for hydroxylation is 1. The third-order valence-electron chi connectivity index (χ3n) is 3.83. The Labute approximate surface area is 132 Å². The molecule has 0 saturated carbocycles. The second kappa shape index (κ2) is 6.14. The van der Waals surface area contributed by atoms with E-state index in [1.807, 2.05) is 13.8 Å². The number of thiazole rings is 1. The Morgan fingerprint density at radius 2 is 2.09 bits per heavy atom. The van der Waals surface area contributed by atoms with E-state index in [2.05, 4.69) is 15.6 Å². The van der Waals surface area contributed by atoms with Crippen LogP contribution in [0.1, 0.15) is 23.5 Å². The van der Waals surface area contributed by atoms with E-state index in [9.17, 15) is 9.18 Å². The second-order valence-electron chi connectivity index (χ2n) is 5.56. The molecule has 116 valence electrons. The molecule has 1 aliphatic rings. The van der Waals surface area contributed by atoms with Crippen LogP contribution < -0.4 is 10.6 Å². The Bertz CT molecular complexity index is 679. The molecule has 1 amide bonds. The van der Waals surface area contributed by atoms with Crippen molar-refractivity contribution in [2.75, 3.05) is 13.1 Å². The van der Waals surface area contributed by atoms with Gasteiger partial charge in [-0.3, -0.25) is 4.79 Å². The molecule has 2 aromatic rings. The molecule has 1 fully saturated rings. The van der Waals surface area contributed by atoms with Crippen LogP contribution >= 0.6 is 11.3 Å². The number of nitrogens with one attached hydrogen (secondary N) is 2. The van der Waals surface area contributed by atoms with Crippen molar-refractivity contribution in [3.05, 3.63) is 40.7 Å². The molecule has 1 aromatic carbocycles. The van der Waals surface area contributed by atoms with Crippen molar-refractivity contribution in [1.82, 2.24) is 15.6 Å². The Hall–Kier alpha value is -1.79. The van der Waals surface area contributed by atoms with Crippen molar-refractivity contribution in [1.29, 1.82) is 0 Å². The van der Waals surface area contributed by atoms with Crippen molar-refractivity contribution < 1.29 is 9.18 Å². The predicted octanol–water partition coefficient (Wildman–Crippen LogP) is 2.65. The number of nitrogens with zero attached hydrogens (tertiary/aromatic N) is 1. The zero-order valence-electron chi connectivity index (χ0n) is 12.5. The Kier molecular flexibility index (Phi) is 4.22. The maximum Gasteiger partial charge on any atom is 0.226 e. The van der Waals surface area contributed by atoms with Gasteiger partial charge in [-0.15, -0.1) is 11.3 Å². The van der Waals surface area contributed by atoms with Crippen LogP contribution in [-0.4, -0.2) is 24.0 Å². The molecule has 1 atom stereocenters. The van der Waals surface area contributed by atoms with Gasteiger partial charge in [0.15, 0.2) is 0 Å². The lowest BCUT2D eigenvalue weighted by atomic mass is 10.0. The van der Waals surface area contributed by atoms with Gasteiger partial charge in [0.1, 0.15) is 10.8 Å². The molecule has 1 aliphatic heterocycles. The topological polar surface area (TPSA) is 54.0 Å². The van der Waals surface area contributed by atoms with E-state index >= 15 is 0 Å². The minimum absolute atomic E-state index is 0.0696. The van der Waals surface area contributed by atoms with Gasteiger partial charge in [-0.2, -0.15) is 0 Å². The van der Waals surface area contributed by atoms with Gasteiger partial charge in [0, 0.05) is 18.7 Å². The first-order valence-corrected chi connectivity index (χ1v) is 8.10. The Balaban J connectivity index is 1.76. The van der Waals surface area contributed by atoms with Crippen LogP contribution in [0.25, 0.3) is 10.6 Å². The van der Waals surface area contributed by atoms with E-state index in [1.165, 1.54) is 12.1 Å². The van der Waals surface area contributed by atoms with Gasteiger partial charge in [0.25, 0.3) is 0 Å². The van der Waals surface area contributed by atoms with Gasteiger partial charge < -0.3 is 10.6 Å². The summed E-state index contributed by atoms with van der Waals surface area (Å²) in [6, 6.07) is 6.24. The summed E-state index contributed by atoms with van der Waals surface area (Å²) in [7, 11) is 0. The average molecular weight is 319 g/mol. The first-order chi connectivity index (χ1) is 10.5. The average Bonchev–Trinajstić information content (AvgIpc) is 2.79. The van der Waals surface area contributed by atoms with Gasteiger partial charge in [0.05, 0.1) is 22.5 Å². The molecule has 0 aliphatic carbocycles. The van der Waals surface area contributed by atoms with Gasteiger partial charge in [-0.05, 0) is 38.1 Å². The molecule has 2 N–H and O–H groups in total. The molecule has 2 heterocycles. The lowest BCUT2D eigenvalue weighted by molar-refractivity contribution is -0.127. The maximum atomic E-state index is 13.0. The molecule has 1 unspecified atom stereocenters. The highest BCUT2D eigenvalue weighted by Gasteiger charge is 2.27. The summed E-state index contributed by atoms with van der Waals surface area (Å²) in [5.74, 6) is -0.0957. The van der Waals surface area contributed by atoms with E-state index in [4.69, 9.17) is 0 Å². The summed E-state index contributed by atoms with van der Waals surface area (Å²) in [6.07, 6.45) is 0. The summed E-state index contributed by atoms with van der Waals surface area (Å²) < 4.78 is 13.0. The van der Waals surface area contributed by atoms with Gasteiger partial charge >= 0.3 is 0 Å². The second-order valence-corrected chi connectivity index (χ2v) is 6.59. The van der Waals surface area contributed by atoms with E-state index in [1.54, 1.807) is 23.5 Å². The molecule has 0 bridgehead atoms. The number of hydrogen-bond acceptors (Lipinski definition) is 4. The smallest absolute Gasteiger partial charge is 0.226 e. The van der Waals surface area contributed by atoms with E-state index < -0.39 is 0 Å². The van der Waals surface area contributed by atoms with Crippen LogP contribution in [0.4, 0.5) is 4.39 Å². The number of amides is 1. The van der Waals surface area contributed by atoms with Gasteiger partial charge in [-0.1, -0.05) is 0 Å². The largest absolute Gasteiger partial charge is 0.348 e. The Morgan fingerprint density at radius 1 is 1.41 bits per heavy atom. The number of carbonyl (C=O) groups excluding carboxylic acids is 1. The molecule has 22 heavy (non-hydrogen) atoms.